The molecule has 0 fully saturated rings. The fourth-order valence-corrected chi connectivity index (χ4v) is 2.07. The first kappa shape index (κ1) is 15.4. The van der Waals surface area contributed by atoms with E-state index in [0.717, 1.165) is 30.5 Å². The van der Waals surface area contributed by atoms with Gasteiger partial charge in [-0.25, -0.2) is 4.68 Å². The van der Waals surface area contributed by atoms with Crippen LogP contribution in [0.2, 0.25) is 0 Å². The van der Waals surface area contributed by atoms with E-state index in [2.05, 4.69) is 15.5 Å². The fraction of sp³-hybridized carbons (Fsp3) is 0.900. The first-order valence-electron chi connectivity index (χ1n) is 5.84. The average Bonchev–Trinajstić information content (AvgIpc) is 2.83. The molecule has 0 saturated carbocycles. The Hall–Kier alpha value is -0.700. The van der Waals surface area contributed by atoms with Crippen molar-refractivity contribution >= 4 is 11.8 Å². The van der Waals surface area contributed by atoms with Gasteiger partial charge in [0, 0.05) is 33.2 Å². The van der Waals surface area contributed by atoms with Crippen LogP contribution in [0.1, 0.15) is 13.3 Å². The van der Waals surface area contributed by atoms with Crippen molar-refractivity contribution in [3.05, 3.63) is 0 Å². The predicted molar refractivity (Wildman–Crippen MR) is 67.5 cm³/mol. The first-order valence-corrected chi connectivity index (χ1v) is 6.82. The van der Waals surface area contributed by atoms with Crippen LogP contribution in [-0.2, 0) is 20.8 Å². The van der Waals surface area contributed by atoms with Crippen molar-refractivity contribution < 1.29 is 14.2 Å². The third-order valence-corrected chi connectivity index (χ3v) is 3.26. The van der Waals surface area contributed by atoms with Crippen LogP contribution in [0, 0.1) is 0 Å². The molecule has 0 aliphatic heterocycles. The van der Waals surface area contributed by atoms with Gasteiger partial charge in [0.05, 0.1) is 6.54 Å². The van der Waals surface area contributed by atoms with Crippen LogP contribution in [0.5, 0.6) is 0 Å². The Kier molecular flexibility index (Phi) is 7.90. The zero-order chi connectivity index (χ0) is 13.2. The molecular weight excluding hydrogens is 256 g/mol. The molecule has 0 spiro atoms. The van der Waals surface area contributed by atoms with E-state index in [4.69, 9.17) is 14.2 Å². The number of thioether (sulfide) groups is 1. The van der Waals surface area contributed by atoms with Gasteiger partial charge < -0.3 is 14.2 Å². The summed E-state index contributed by atoms with van der Waals surface area (Å²) in [5, 5.41) is 12.3. The van der Waals surface area contributed by atoms with Crippen molar-refractivity contribution in [2.24, 2.45) is 0 Å². The second kappa shape index (κ2) is 9.26. The molecule has 18 heavy (non-hydrogen) atoms. The summed E-state index contributed by atoms with van der Waals surface area (Å²) in [5.41, 5.74) is 0. The van der Waals surface area contributed by atoms with E-state index in [0.29, 0.717) is 6.54 Å². The number of ether oxygens (including phenoxy) is 3. The molecule has 0 unspecified atom stereocenters. The Bertz CT molecular complexity index is 320. The molecule has 0 atom stereocenters. The highest BCUT2D eigenvalue weighted by atomic mass is 32.2. The van der Waals surface area contributed by atoms with Gasteiger partial charge >= 0.3 is 0 Å². The Morgan fingerprint density at radius 3 is 2.78 bits per heavy atom. The zero-order valence-electron chi connectivity index (χ0n) is 11.0. The number of tetrazole rings is 1. The summed E-state index contributed by atoms with van der Waals surface area (Å²) < 4.78 is 17.2. The van der Waals surface area contributed by atoms with Crippen molar-refractivity contribution in [3.63, 3.8) is 0 Å². The van der Waals surface area contributed by atoms with Gasteiger partial charge in [0.1, 0.15) is 0 Å². The van der Waals surface area contributed by atoms with Gasteiger partial charge in [0.2, 0.25) is 5.16 Å². The number of methoxy groups -OCH3 is 2. The molecule has 0 bridgehead atoms. The molecule has 0 N–H and O–H groups in total. The van der Waals surface area contributed by atoms with Crippen molar-refractivity contribution in [2.75, 3.05) is 33.2 Å². The van der Waals surface area contributed by atoms with Crippen LogP contribution in [-0.4, -0.2) is 59.7 Å². The maximum Gasteiger partial charge on any atom is 0.209 e. The molecule has 1 aromatic heterocycles. The van der Waals surface area contributed by atoms with Gasteiger partial charge in [-0.1, -0.05) is 11.8 Å². The third-order valence-electron chi connectivity index (χ3n) is 2.22. The molecule has 7 nitrogen and oxygen atoms in total. The first-order chi connectivity index (χ1) is 8.81. The molecule has 1 rings (SSSR count). The maximum atomic E-state index is 5.27. The minimum atomic E-state index is -0.337. The number of rotatable bonds is 10. The van der Waals surface area contributed by atoms with Crippen molar-refractivity contribution in [1.29, 1.82) is 0 Å². The molecule has 1 heterocycles. The van der Waals surface area contributed by atoms with E-state index in [-0.39, 0.29) is 6.29 Å². The second-order valence-corrected chi connectivity index (χ2v) is 4.51. The van der Waals surface area contributed by atoms with Crippen LogP contribution in [0.15, 0.2) is 5.16 Å². The molecule has 0 radical (unpaired) electrons. The summed E-state index contributed by atoms with van der Waals surface area (Å²) in [6.45, 7) is 3.99. The van der Waals surface area contributed by atoms with Gasteiger partial charge in [0.25, 0.3) is 0 Å². The standard InChI is InChI=1S/C10H20N4O3S/c1-4-17-6-5-7-18-10-11-12-13-14(10)8-9(15-2)16-3/h9H,4-8H2,1-3H3. The van der Waals surface area contributed by atoms with Crippen LogP contribution in [0.25, 0.3) is 0 Å². The lowest BCUT2D eigenvalue weighted by molar-refractivity contribution is -0.113. The van der Waals surface area contributed by atoms with Gasteiger partial charge in [-0.15, -0.1) is 5.10 Å². The van der Waals surface area contributed by atoms with Crippen LogP contribution < -0.4 is 0 Å². The number of hydrogen-bond acceptors (Lipinski definition) is 7. The minimum absolute atomic E-state index is 0.337. The molecule has 0 aliphatic carbocycles. The highest BCUT2D eigenvalue weighted by Gasteiger charge is 2.12. The summed E-state index contributed by atoms with van der Waals surface area (Å²) >= 11 is 1.60. The molecular formula is C10H20N4O3S. The predicted octanol–water partition coefficient (Wildman–Crippen LogP) is 0.811. The third kappa shape index (κ3) is 5.30. The smallest absolute Gasteiger partial charge is 0.209 e. The average molecular weight is 276 g/mol. The topological polar surface area (TPSA) is 71.3 Å². The van der Waals surface area contributed by atoms with Crippen molar-refractivity contribution in [1.82, 2.24) is 20.2 Å². The zero-order valence-corrected chi connectivity index (χ0v) is 11.9. The lowest BCUT2D eigenvalue weighted by Crippen LogP contribution is -2.22. The second-order valence-electron chi connectivity index (χ2n) is 3.44. The Labute approximate surface area is 111 Å². The number of hydrogen-bond donors (Lipinski definition) is 0. The maximum absolute atomic E-state index is 5.27. The Morgan fingerprint density at radius 1 is 1.33 bits per heavy atom. The quantitative estimate of drug-likeness (QED) is 0.356. The van der Waals surface area contributed by atoms with E-state index in [1.165, 1.54) is 0 Å². The summed E-state index contributed by atoms with van der Waals surface area (Å²) in [4.78, 5) is 0. The molecule has 0 saturated heterocycles. The van der Waals surface area contributed by atoms with E-state index >= 15 is 0 Å². The molecule has 0 aliphatic rings. The van der Waals surface area contributed by atoms with E-state index in [1.807, 2.05) is 6.92 Å². The Morgan fingerprint density at radius 2 is 2.11 bits per heavy atom. The molecule has 8 heteroatoms. The van der Waals surface area contributed by atoms with E-state index in [1.54, 1.807) is 30.7 Å². The van der Waals surface area contributed by atoms with Gasteiger partial charge in [-0.05, 0) is 23.8 Å². The lowest BCUT2D eigenvalue weighted by Gasteiger charge is -2.13. The largest absolute Gasteiger partial charge is 0.382 e. The normalized spacial score (nSPS) is 11.3. The van der Waals surface area contributed by atoms with Crippen LogP contribution >= 0.6 is 11.8 Å². The summed E-state index contributed by atoms with van der Waals surface area (Å²) in [5.74, 6) is 0.922. The SMILES string of the molecule is CCOCCCSc1nnnn1CC(OC)OC. The van der Waals surface area contributed by atoms with Gasteiger partial charge in [-0.2, -0.15) is 0 Å². The fourth-order valence-electron chi connectivity index (χ4n) is 1.27. The molecule has 0 aromatic carbocycles. The highest BCUT2D eigenvalue weighted by molar-refractivity contribution is 7.99. The van der Waals surface area contributed by atoms with Crippen LogP contribution in [0.3, 0.4) is 0 Å². The number of aromatic nitrogens is 4. The van der Waals surface area contributed by atoms with Crippen LogP contribution in [0.4, 0.5) is 0 Å². The summed E-state index contributed by atoms with van der Waals surface area (Å²) in [7, 11) is 3.18. The van der Waals surface area contributed by atoms with Gasteiger partial charge in [0.15, 0.2) is 6.29 Å². The summed E-state index contributed by atoms with van der Waals surface area (Å²) in [6, 6.07) is 0. The van der Waals surface area contributed by atoms with Crippen molar-refractivity contribution in [3.8, 4) is 0 Å². The molecule has 1 aromatic rings. The minimum Gasteiger partial charge on any atom is -0.382 e. The van der Waals surface area contributed by atoms with E-state index in [9.17, 15) is 0 Å². The molecule has 104 valence electrons. The lowest BCUT2D eigenvalue weighted by atomic mass is 10.5. The van der Waals surface area contributed by atoms with Crippen molar-refractivity contribution in [2.45, 2.75) is 31.3 Å². The number of nitrogens with zero attached hydrogens (tertiary/aromatic N) is 4. The van der Waals surface area contributed by atoms with E-state index < -0.39 is 0 Å². The highest BCUT2D eigenvalue weighted by Crippen LogP contribution is 2.15. The monoisotopic (exact) mass is 276 g/mol. The van der Waals surface area contributed by atoms with Gasteiger partial charge in [-0.3, -0.25) is 0 Å². The Balaban J connectivity index is 2.35. The molecule has 0 amide bonds. The summed E-state index contributed by atoms with van der Waals surface area (Å²) in [6.07, 6.45) is 0.639.